The van der Waals surface area contributed by atoms with E-state index in [1.54, 1.807) is 48.5 Å². The van der Waals surface area contributed by atoms with Crippen molar-refractivity contribution < 1.29 is 22.7 Å². The van der Waals surface area contributed by atoms with Crippen molar-refractivity contribution in [2.24, 2.45) is 0 Å². The van der Waals surface area contributed by atoms with Crippen molar-refractivity contribution in [1.82, 2.24) is 5.32 Å². The first-order valence-corrected chi connectivity index (χ1v) is 12.3. The van der Waals surface area contributed by atoms with Crippen LogP contribution in [0, 0.1) is 0 Å². The van der Waals surface area contributed by atoms with Crippen LogP contribution in [0.4, 0.5) is 5.69 Å². The number of carbonyl (C=O) groups excluding carboxylic acids is 1. The molecule has 3 aromatic rings. The second-order valence-corrected chi connectivity index (χ2v) is 9.34. The zero-order valence-corrected chi connectivity index (χ0v) is 19.5. The van der Waals surface area contributed by atoms with Gasteiger partial charge in [0.1, 0.15) is 5.75 Å². The van der Waals surface area contributed by atoms with Gasteiger partial charge in [-0.05, 0) is 35.4 Å². The van der Waals surface area contributed by atoms with E-state index in [0.717, 1.165) is 17.4 Å². The van der Waals surface area contributed by atoms with Crippen LogP contribution in [-0.4, -0.2) is 40.8 Å². The molecular formula is C25H28N2O5S. The number of ether oxygens (including phenoxy) is 2. The first-order chi connectivity index (χ1) is 15.9. The molecule has 1 N–H and O–H groups in total. The number of nitrogens with one attached hydrogen (secondary N) is 1. The molecule has 33 heavy (non-hydrogen) atoms. The van der Waals surface area contributed by atoms with Gasteiger partial charge in [0.25, 0.3) is 5.91 Å². The summed E-state index contributed by atoms with van der Waals surface area (Å²) < 4.78 is 37.0. The maximum absolute atomic E-state index is 12.4. The summed E-state index contributed by atoms with van der Waals surface area (Å²) in [5.41, 5.74) is 2.77. The molecule has 174 valence electrons. The summed E-state index contributed by atoms with van der Waals surface area (Å²) in [6, 6.07) is 23.6. The van der Waals surface area contributed by atoms with Crippen LogP contribution < -0.4 is 14.4 Å². The van der Waals surface area contributed by atoms with Gasteiger partial charge >= 0.3 is 0 Å². The summed E-state index contributed by atoms with van der Waals surface area (Å²) in [6.45, 7) is 1.41. The number of carbonyl (C=O) groups is 1. The maximum Gasteiger partial charge on any atom is 0.251 e. The molecule has 0 aliphatic heterocycles. The van der Waals surface area contributed by atoms with Gasteiger partial charge in [-0.2, -0.15) is 0 Å². The van der Waals surface area contributed by atoms with Crippen LogP contribution in [0.1, 0.15) is 21.5 Å². The smallest absolute Gasteiger partial charge is 0.251 e. The number of benzene rings is 3. The Morgan fingerprint density at radius 3 is 2.24 bits per heavy atom. The van der Waals surface area contributed by atoms with Crippen LogP contribution in [0.15, 0.2) is 78.9 Å². The molecule has 0 heterocycles. The van der Waals surface area contributed by atoms with Gasteiger partial charge in [-0.15, -0.1) is 0 Å². The highest BCUT2D eigenvalue weighted by Crippen LogP contribution is 2.30. The summed E-state index contributed by atoms with van der Waals surface area (Å²) in [4.78, 5) is 12.4. The number of nitrogens with zero attached hydrogens (tertiary/aromatic N) is 1. The van der Waals surface area contributed by atoms with Gasteiger partial charge in [0.15, 0.2) is 0 Å². The van der Waals surface area contributed by atoms with Crippen LogP contribution >= 0.6 is 0 Å². The fourth-order valence-corrected chi connectivity index (χ4v) is 4.14. The molecule has 0 aliphatic carbocycles. The van der Waals surface area contributed by atoms with Crippen molar-refractivity contribution in [3.63, 3.8) is 0 Å². The fourth-order valence-electron chi connectivity index (χ4n) is 3.25. The van der Waals surface area contributed by atoms with Crippen LogP contribution in [0.5, 0.6) is 5.75 Å². The number of methoxy groups -OCH3 is 1. The van der Waals surface area contributed by atoms with E-state index in [1.807, 2.05) is 30.3 Å². The fraction of sp³-hybridized carbons (Fsp3) is 0.240. The molecule has 0 unspecified atom stereocenters. The van der Waals surface area contributed by atoms with E-state index in [1.165, 1.54) is 11.4 Å². The normalized spacial score (nSPS) is 11.1. The molecule has 7 nitrogen and oxygen atoms in total. The molecule has 0 saturated heterocycles. The Kier molecular flexibility index (Phi) is 8.46. The van der Waals surface area contributed by atoms with Crippen molar-refractivity contribution in [2.75, 3.05) is 30.8 Å². The minimum absolute atomic E-state index is 0.119. The first kappa shape index (κ1) is 24.3. The van der Waals surface area contributed by atoms with Crippen LogP contribution in [0.25, 0.3) is 0 Å². The quantitative estimate of drug-likeness (QED) is 0.435. The van der Waals surface area contributed by atoms with E-state index in [2.05, 4.69) is 5.32 Å². The van der Waals surface area contributed by atoms with Gasteiger partial charge in [-0.25, -0.2) is 8.42 Å². The highest BCUT2D eigenvalue weighted by atomic mass is 32.2. The van der Waals surface area contributed by atoms with Crippen molar-refractivity contribution >= 4 is 21.6 Å². The molecular weight excluding hydrogens is 440 g/mol. The monoisotopic (exact) mass is 468 g/mol. The molecule has 0 saturated carbocycles. The molecule has 0 aromatic heterocycles. The molecule has 3 rings (SSSR count). The Morgan fingerprint density at radius 1 is 0.909 bits per heavy atom. The van der Waals surface area contributed by atoms with Crippen LogP contribution in [-0.2, 0) is 27.9 Å². The zero-order chi connectivity index (χ0) is 23.7. The summed E-state index contributed by atoms with van der Waals surface area (Å²) in [5, 5.41) is 2.82. The molecule has 3 aromatic carbocycles. The Morgan fingerprint density at radius 2 is 1.58 bits per heavy atom. The number of anilines is 1. The Labute approximate surface area is 195 Å². The third-order valence-electron chi connectivity index (χ3n) is 4.94. The van der Waals surface area contributed by atoms with Crippen molar-refractivity contribution in [1.29, 1.82) is 0 Å². The highest BCUT2D eigenvalue weighted by Gasteiger charge is 2.21. The Hall–Kier alpha value is -3.36. The standard InChI is InChI=1S/C25H28N2O5S/c1-31-24-11-7-6-10-23(24)27(33(2,29)30)18-20-12-14-22(15-13-20)25(28)26-16-17-32-19-21-8-4-3-5-9-21/h3-15H,16-19H2,1-2H3,(H,26,28). The molecule has 0 atom stereocenters. The Balaban J connectivity index is 1.56. The van der Waals surface area contributed by atoms with Gasteiger partial charge < -0.3 is 14.8 Å². The third-order valence-corrected chi connectivity index (χ3v) is 6.07. The topological polar surface area (TPSA) is 84.9 Å². The predicted octanol–water partition coefficient (Wildman–Crippen LogP) is 3.61. The molecule has 0 spiro atoms. The molecule has 0 radical (unpaired) electrons. The van der Waals surface area contributed by atoms with Gasteiger partial charge in [-0.1, -0.05) is 54.6 Å². The molecule has 0 aliphatic rings. The lowest BCUT2D eigenvalue weighted by molar-refractivity contribution is 0.0901. The summed E-state index contributed by atoms with van der Waals surface area (Å²) in [5.74, 6) is 0.253. The van der Waals surface area contributed by atoms with Crippen LogP contribution in [0.3, 0.4) is 0 Å². The van der Waals surface area contributed by atoms with Crippen molar-refractivity contribution in [2.45, 2.75) is 13.2 Å². The summed E-state index contributed by atoms with van der Waals surface area (Å²) >= 11 is 0. The Bertz CT molecular complexity index is 1150. The average Bonchev–Trinajstić information content (AvgIpc) is 2.82. The molecule has 8 heteroatoms. The van der Waals surface area contributed by atoms with Crippen LogP contribution in [0.2, 0.25) is 0 Å². The number of sulfonamides is 1. The number of hydrogen-bond donors (Lipinski definition) is 1. The van der Waals surface area contributed by atoms with Crippen molar-refractivity contribution in [3.8, 4) is 5.75 Å². The van der Waals surface area contributed by atoms with E-state index in [-0.39, 0.29) is 12.5 Å². The average molecular weight is 469 g/mol. The molecule has 1 amide bonds. The van der Waals surface area contributed by atoms with E-state index in [9.17, 15) is 13.2 Å². The maximum atomic E-state index is 12.4. The predicted molar refractivity (Wildman–Crippen MR) is 129 cm³/mol. The second-order valence-electron chi connectivity index (χ2n) is 7.43. The van der Waals surface area contributed by atoms with E-state index in [0.29, 0.717) is 36.8 Å². The lowest BCUT2D eigenvalue weighted by Crippen LogP contribution is -2.30. The summed E-state index contributed by atoms with van der Waals surface area (Å²) in [7, 11) is -2.05. The zero-order valence-electron chi connectivity index (χ0n) is 18.7. The first-order valence-electron chi connectivity index (χ1n) is 10.5. The van der Waals surface area contributed by atoms with Gasteiger partial charge in [0, 0.05) is 12.1 Å². The number of rotatable bonds is 11. The van der Waals surface area contributed by atoms with Crippen molar-refractivity contribution in [3.05, 3.63) is 95.6 Å². The lowest BCUT2D eigenvalue weighted by atomic mass is 10.1. The van der Waals surface area contributed by atoms with E-state index < -0.39 is 10.0 Å². The van der Waals surface area contributed by atoms with E-state index >= 15 is 0 Å². The number of hydrogen-bond acceptors (Lipinski definition) is 5. The van der Waals surface area contributed by atoms with E-state index in [4.69, 9.17) is 9.47 Å². The van der Waals surface area contributed by atoms with Gasteiger partial charge in [-0.3, -0.25) is 9.10 Å². The number of amides is 1. The van der Waals surface area contributed by atoms with Gasteiger partial charge in [0.2, 0.25) is 10.0 Å². The van der Waals surface area contributed by atoms with Gasteiger partial charge in [0.05, 0.1) is 38.8 Å². The molecule has 0 bridgehead atoms. The number of para-hydroxylation sites is 2. The third kappa shape index (κ3) is 7.06. The minimum atomic E-state index is -3.55. The SMILES string of the molecule is COc1ccccc1N(Cc1ccc(C(=O)NCCOCc2ccccc2)cc1)S(C)(=O)=O. The largest absolute Gasteiger partial charge is 0.495 e. The second kappa shape index (κ2) is 11.5. The minimum Gasteiger partial charge on any atom is -0.495 e. The summed E-state index contributed by atoms with van der Waals surface area (Å²) in [6.07, 6.45) is 1.15. The lowest BCUT2D eigenvalue weighted by Gasteiger charge is -2.24. The highest BCUT2D eigenvalue weighted by molar-refractivity contribution is 7.92. The molecule has 0 fully saturated rings.